The van der Waals surface area contributed by atoms with Crippen molar-refractivity contribution in [2.45, 2.75) is 110 Å². The largest absolute Gasteiger partial charge is 0.300 e. The molecule has 0 aromatic carbocycles. The van der Waals surface area contributed by atoms with E-state index >= 15 is 0 Å². The number of nitriles is 1. The highest BCUT2D eigenvalue weighted by Gasteiger charge is 2.37. The average Bonchev–Trinajstić information content (AvgIpc) is 2.65. The van der Waals surface area contributed by atoms with Crippen molar-refractivity contribution in [3.8, 4) is 6.07 Å². The summed E-state index contributed by atoms with van der Waals surface area (Å²) in [5, 5.41) is 9.66. The summed E-state index contributed by atoms with van der Waals surface area (Å²) in [4.78, 5) is 2.77. The van der Waals surface area contributed by atoms with Gasteiger partial charge in [-0.05, 0) is 64.0 Å². The molecule has 2 aliphatic rings. The summed E-state index contributed by atoms with van der Waals surface area (Å²) in [5.74, 6) is 0.990. The Morgan fingerprint density at radius 2 is 1.58 bits per heavy atom. The number of piperidine rings is 1. The number of hydrogen-bond acceptors (Lipinski definition) is 2. The molecule has 2 rings (SSSR count). The number of rotatable bonds is 9. The molecule has 0 atom stereocenters. The third-order valence-corrected chi connectivity index (χ3v) is 6.79. The molecule has 0 aromatic heterocycles. The maximum Gasteiger partial charge on any atom is 0.0689 e. The van der Waals surface area contributed by atoms with Crippen LogP contribution in [0.2, 0.25) is 0 Å². The van der Waals surface area contributed by atoms with E-state index in [0.717, 1.165) is 31.2 Å². The van der Waals surface area contributed by atoms with Crippen LogP contribution in [0, 0.1) is 22.7 Å². The summed E-state index contributed by atoms with van der Waals surface area (Å²) in [5.41, 5.74) is 0.0180. The van der Waals surface area contributed by atoms with Gasteiger partial charge in [0.25, 0.3) is 0 Å². The first kappa shape index (κ1) is 19.8. The van der Waals surface area contributed by atoms with Crippen LogP contribution >= 0.6 is 0 Å². The molecule has 1 aliphatic heterocycles. The van der Waals surface area contributed by atoms with Crippen LogP contribution < -0.4 is 0 Å². The van der Waals surface area contributed by atoms with Crippen molar-refractivity contribution in [1.29, 1.82) is 5.26 Å². The number of nitrogens with zero attached hydrogens (tertiary/aromatic N) is 2. The van der Waals surface area contributed by atoms with Gasteiger partial charge in [-0.1, -0.05) is 58.8 Å². The third-order valence-electron chi connectivity index (χ3n) is 6.79. The first-order chi connectivity index (χ1) is 11.7. The maximum absolute atomic E-state index is 9.66. The summed E-state index contributed by atoms with van der Waals surface area (Å²) >= 11 is 0. The van der Waals surface area contributed by atoms with Crippen molar-refractivity contribution < 1.29 is 0 Å². The SMILES string of the molecule is CCCCCCC1CCN(C2CCC(C#N)(CCCC)CC2)CC1. The van der Waals surface area contributed by atoms with Gasteiger partial charge in [0.05, 0.1) is 11.5 Å². The predicted molar refractivity (Wildman–Crippen MR) is 103 cm³/mol. The van der Waals surface area contributed by atoms with E-state index in [1.807, 2.05) is 0 Å². The molecule has 24 heavy (non-hydrogen) atoms. The van der Waals surface area contributed by atoms with Crippen LogP contribution in [0.25, 0.3) is 0 Å². The van der Waals surface area contributed by atoms with Gasteiger partial charge in [0.2, 0.25) is 0 Å². The zero-order valence-corrected chi connectivity index (χ0v) is 16.4. The fourth-order valence-corrected chi connectivity index (χ4v) is 4.92. The molecule has 1 heterocycles. The van der Waals surface area contributed by atoms with Crippen LogP contribution in [0.5, 0.6) is 0 Å². The smallest absolute Gasteiger partial charge is 0.0689 e. The zero-order valence-electron chi connectivity index (χ0n) is 16.4. The lowest BCUT2D eigenvalue weighted by Crippen LogP contribution is -2.44. The lowest BCUT2D eigenvalue weighted by atomic mass is 9.70. The zero-order chi connectivity index (χ0) is 17.3. The van der Waals surface area contributed by atoms with Gasteiger partial charge in [0.1, 0.15) is 0 Å². The number of hydrogen-bond donors (Lipinski definition) is 0. The minimum absolute atomic E-state index is 0.0180. The van der Waals surface area contributed by atoms with Gasteiger partial charge in [0, 0.05) is 6.04 Å². The second kappa shape index (κ2) is 10.4. The van der Waals surface area contributed by atoms with Crippen molar-refractivity contribution in [2.75, 3.05) is 13.1 Å². The molecule has 0 aromatic rings. The van der Waals surface area contributed by atoms with E-state index in [4.69, 9.17) is 0 Å². The third kappa shape index (κ3) is 5.76. The summed E-state index contributed by atoms with van der Waals surface area (Å²) in [7, 11) is 0. The fourth-order valence-electron chi connectivity index (χ4n) is 4.92. The van der Waals surface area contributed by atoms with Crippen molar-refractivity contribution in [1.82, 2.24) is 4.90 Å². The molecule has 0 N–H and O–H groups in total. The normalized spacial score (nSPS) is 29.5. The maximum atomic E-state index is 9.66. The Morgan fingerprint density at radius 1 is 0.917 bits per heavy atom. The van der Waals surface area contributed by atoms with E-state index in [9.17, 15) is 5.26 Å². The van der Waals surface area contributed by atoms with Gasteiger partial charge >= 0.3 is 0 Å². The van der Waals surface area contributed by atoms with E-state index in [1.54, 1.807) is 0 Å². The standard InChI is InChI=1S/C22H40N2/c1-3-5-7-8-9-20-12-17-24(18-13-20)21-10-15-22(19-23,16-11-21)14-6-4-2/h20-21H,3-18H2,1-2H3. The minimum atomic E-state index is 0.0180. The van der Waals surface area contributed by atoms with Crippen molar-refractivity contribution in [3.63, 3.8) is 0 Å². The van der Waals surface area contributed by atoms with E-state index in [2.05, 4.69) is 24.8 Å². The van der Waals surface area contributed by atoms with Gasteiger partial charge in [-0.2, -0.15) is 5.26 Å². The Labute approximate surface area is 151 Å². The molecule has 1 aliphatic carbocycles. The van der Waals surface area contributed by atoms with Gasteiger partial charge in [-0.25, -0.2) is 0 Å². The second-order valence-electron chi connectivity index (χ2n) is 8.56. The molecule has 2 nitrogen and oxygen atoms in total. The van der Waals surface area contributed by atoms with Crippen LogP contribution in [0.15, 0.2) is 0 Å². The molecule has 0 radical (unpaired) electrons. The Bertz CT molecular complexity index is 368. The van der Waals surface area contributed by atoms with Gasteiger partial charge < -0.3 is 4.90 Å². The second-order valence-corrected chi connectivity index (χ2v) is 8.56. The van der Waals surface area contributed by atoms with Crippen molar-refractivity contribution >= 4 is 0 Å². The van der Waals surface area contributed by atoms with Crippen molar-refractivity contribution in [3.05, 3.63) is 0 Å². The molecule has 1 saturated heterocycles. The highest BCUT2D eigenvalue weighted by molar-refractivity contribution is 5.02. The summed E-state index contributed by atoms with van der Waals surface area (Å²) < 4.78 is 0. The van der Waals surface area contributed by atoms with E-state index in [-0.39, 0.29) is 5.41 Å². The Hall–Kier alpha value is -0.550. The van der Waals surface area contributed by atoms with Crippen LogP contribution in [-0.4, -0.2) is 24.0 Å². The molecular formula is C22H40N2. The molecule has 0 bridgehead atoms. The predicted octanol–water partition coefficient (Wildman–Crippen LogP) is 6.31. The summed E-state index contributed by atoms with van der Waals surface area (Å²) in [6.45, 7) is 7.17. The number of unbranched alkanes of at least 4 members (excludes halogenated alkanes) is 4. The Balaban J connectivity index is 1.67. The minimum Gasteiger partial charge on any atom is -0.300 e. The lowest BCUT2D eigenvalue weighted by molar-refractivity contribution is 0.0756. The summed E-state index contributed by atoms with van der Waals surface area (Å²) in [6.07, 6.45) is 18.3. The van der Waals surface area contributed by atoms with E-state index in [0.29, 0.717) is 0 Å². The molecule has 0 spiro atoms. The summed E-state index contributed by atoms with van der Waals surface area (Å²) in [6, 6.07) is 3.47. The topological polar surface area (TPSA) is 27.0 Å². The molecule has 138 valence electrons. The molecule has 0 amide bonds. The monoisotopic (exact) mass is 332 g/mol. The Morgan fingerprint density at radius 3 is 2.17 bits per heavy atom. The molecular weight excluding hydrogens is 292 g/mol. The van der Waals surface area contributed by atoms with Crippen LogP contribution in [-0.2, 0) is 0 Å². The Kier molecular flexibility index (Phi) is 8.60. The lowest BCUT2D eigenvalue weighted by Gasteiger charge is -2.43. The quantitative estimate of drug-likeness (QED) is 0.462. The first-order valence-corrected chi connectivity index (χ1v) is 10.9. The first-order valence-electron chi connectivity index (χ1n) is 10.9. The highest BCUT2D eigenvalue weighted by Crippen LogP contribution is 2.42. The van der Waals surface area contributed by atoms with Crippen LogP contribution in [0.1, 0.15) is 104 Å². The van der Waals surface area contributed by atoms with Crippen molar-refractivity contribution in [2.24, 2.45) is 11.3 Å². The van der Waals surface area contributed by atoms with Gasteiger partial charge in [-0.3, -0.25) is 0 Å². The molecule has 2 fully saturated rings. The van der Waals surface area contributed by atoms with Gasteiger partial charge in [-0.15, -0.1) is 0 Å². The van der Waals surface area contributed by atoms with Gasteiger partial charge in [0.15, 0.2) is 0 Å². The van der Waals surface area contributed by atoms with E-state index in [1.165, 1.54) is 83.7 Å². The van der Waals surface area contributed by atoms with Crippen LogP contribution in [0.4, 0.5) is 0 Å². The highest BCUT2D eigenvalue weighted by atomic mass is 15.2. The fraction of sp³-hybridized carbons (Fsp3) is 0.955. The molecule has 0 unspecified atom stereocenters. The van der Waals surface area contributed by atoms with Crippen LogP contribution in [0.3, 0.4) is 0 Å². The average molecular weight is 333 g/mol. The molecule has 2 heteroatoms. The van der Waals surface area contributed by atoms with E-state index < -0.39 is 0 Å². The molecule has 1 saturated carbocycles. The number of likely N-dealkylation sites (tertiary alicyclic amines) is 1.